The van der Waals surface area contributed by atoms with Crippen LogP contribution < -0.4 is 5.32 Å². The smallest absolute Gasteiger partial charge is 0.358 e. The first-order chi connectivity index (χ1) is 8.17. The van der Waals surface area contributed by atoms with Crippen molar-refractivity contribution in [3.63, 3.8) is 0 Å². The maximum Gasteiger partial charge on any atom is 0.358 e. The Morgan fingerprint density at radius 1 is 1.65 bits per heavy atom. The summed E-state index contributed by atoms with van der Waals surface area (Å²) in [6.45, 7) is 3.69. The molecule has 7 heteroatoms. The molecule has 0 bridgehead atoms. The van der Waals surface area contributed by atoms with Gasteiger partial charge in [-0.15, -0.1) is 17.9 Å². The minimum atomic E-state index is -0.654. The van der Waals surface area contributed by atoms with Gasteiger partial charge in [-0.1, -0.05) is 6.08 Å². The maximum atomic E-state index is 11.4. The largest absolute Gasteiger partial charge is 0.466 e. The van der Waals surface area contributed by atoms with E-state index in [4.69, 9.17) is 0 Å². The number of methoxy groups -OCH3 is 1. The molecule has 0 amide bonds. The number of ether oxygens (including phenoxy) is 2. The van der Waals surface area contributed by atoms with E-state index in [0.717, 1.165) is 0 Å². The van der Waals surface area contributed by atoms with Gasteiger partial charge in [0, 0.05) is 11.9 Å². The molecule has 0 saturated carbocycles. The van der Waals surface area contributed by atoms with Crippen LogP contribution in [-0.4, -0.2) is 37.2 Å². The number of carbonyl (C=O) groups is 2. The van der Waals surface area contributed by atoms with E-state index in [9.17, 15) is 9.59 Å². The second kappa shape index (κ2) is 6.64. The van der Waals surface area contributed by atoms with Crippen LogP contribution in [0.25, 0.3) is 0 Å². The molecule has 0 aromatic carbocycles. The molecular weight excluding hydrogens is 244 g/mol. The van der Waals surface area contributed by atoms with E-state index in [-0.39, 0.29) is 5.69 Å². The predicted octanol–water partition coefficient (Wildman–Crippen LogP) is 1.07. The van der Waals surface area contributed by atoms with Gasteiger partial charge in [0.25, 0.3) is 0 Å². The average molecular weight is 256 g/mol. The summed E-state index contributed by atoms with van der Waals surface area (Å²) >= 11 is 1.27. The Morgan fingerprint density at radius 2 is 2.41 bits per heavy atom. The van der Waals surface area contributed by atoms with Gasteiger partial charge in [-0.25, -0.2) is 14.6 Å². The molecule has 1 N–H and O–H groups in total. The monoisotopic (exact) mass is 256 g/mol. The molecule has 0 fully saturated rings. The number of carbonyl (C=O) groups excluding carboxylic acids is 2. The average Bonchev–Trinajstić information content (AvgIpc) is 2.81. The minimum absolute atomic E-state index is 0.158. The molecule has 1 aromatic heterocycles. The van der Waals surface area contributed by atoms with Crippen LogP contribution in [0, 0.1) is 0 Å². The number of hydrogen-bond acceptors (Lipinski definition) is 7. The van der Waals surface area contributed by atoms with E-state index in [0.29, 0.717) is 11.7 Å². The van der Waals surface area contributed by atoms with Gasteiger partial charge >= 0.3 is 11.9 Å². The van der Waals surface area contributed by atoms with E-state index in [1.54, 1.807) is 11.5 Å². The molecular formula is C10H12N2O4S. The van der Waals surface area contributed by atoms with Crippen molar-refractivity contribution < 1.29 is 19.1 Å². The number of anilines is 1. The second-order valence-corrected chi connectivity index (χ2v) is 3.72. The lowest BCUT2D eigenvalue weighted by atomic mass is 10.5. The first kappa shape index (κ1) is 13.2. The van der Waals surface area contributed by atoms with Crippen molar-refractivity contribution in [1.82, 2.24) is 4.98 Å². The quantitative estimate of drug-likeness (QED) is 0.606. The van der Waals surface area contributed by atoms with Crippen molar-refractivity contribution in [1.29, 1.82) is 0 Å². The maximum absolute atomic E-state index is 11.4. The van der Waals surface area contributed by atoms with Gasteiger partial charge in [-0.3, -0.25) is 0 Å². The van der Waals surface area contributed by atoms with Crippen LogP contribution in [0.3, 0.4) is 0 Å². The molecule has 0 spiro atoms. The Hall–Kier alpha value is -1.89. The van der Waals surface area contributed by atoms with Crippen molar-refractivity contribution >= 4 is 28.4 Å². The van der Waals surface area contributed by atoms with Crippen LogP contribution in [0.2, 0.25) is 0 Å². The number of rotatable bonds is 6. The van der Waals surface area contributed by atoms with E-state index >= 15 is 0 Å². The van der Waals surface area contributed by atoms with Gasteiger partial charge in [0.05, 0.1) is 7.11 Å². The Bertz CT molecular complexity index is 416. The lowest BCUT2D eigenvalue weighted by Crippen LogP contribution is -2.15. The SMILES string of the molecule is C=CCNc1nc(C(=O)OCC(=O)OC)cs1. The van der Waals surface area contributed by atoms with Crippen LogP contribution >= 0.6 is 11.3 Å². The summed E-state index contributed by atoms with van der Waals surface area (Å²) in [5, 5.41) is 5.07. The third-order valence-electron chi connectivity index (χ3n) is 1.66. The molecule has 0 radical (unpaired) electrons. The van der Waals surface area contributed by atoms with Crippen LogP contribution in [-0.2, 0) is 14.3 Å². The molecule has 0 aliphatic carbocycles. The Labute approximate surface area is 102 Å². The zero-order valence-corrected chi connectivity index (χ0v) is 10.1. The first-order valence-corrected chi connectivity index (χ1v) is 5.59. The highest BCUT2D eigenvalue weighted by molar-refractivity contribution is 7.13. The number of nitrogens with zero attached hydrogens (tertiary/aromatic N) is 1. The molecule has 6 nitrogen and oxygen atoms in total. The highest BCUT2D eigenvalue weighted by Crippen LogP contribution is 2.15. The van der Waals surface area contributed by atoms with Crippen molar-refractivity contribution in [3.8, 4) is 0 Å². The fourth-order valence-corrected chi connectivity index (χ4v) is 1.56. The first-order valence-electron chi connectivity index (χ1n) is 4.71. The summed E-state index contributed by atoms with van der Waals surface area (Å²) < 4.78 is 9.02. The van der Waals surface area contributed by atoms with Gasteiger partial charge in [0.2, 0.25) is 0 Å². The second-order valence-electron chi connectivity index (χ2n) is 2.86. The zero-order chi connectivity index (χ0) is 12.7. The summed E-state index contributed by atoms with van der Waals surface area (Å²) in [4.78, 5) is 26.2. The van der Waals surface area contributed by atoms with Crippen molar-refractivity contribution in [3.05, 3.63) is 23.7 Å². The van der Waals surface area contributed by atoms with Gasteiger partial charge in [-0.2, -0.15) is 0 Å². The number of nitrogens with one attached hydrogen (secondary N) is 1. The Kier molecular flexibility index (Phi) is 5.15. The third-order valence-corrected chi connectivity index (χ3v) is 2.46. The van der Waals surface area contributed by atoms with Crippen LogP contribution in [0.1, 0.15) is 10.5 Å². The van der Waals surface area contributed by atoms with Crippen molar-refractivity contribution in [2.75, 3.05) is 25.6 Å². The van der Waals surface area contributed by atoms with Crippen LogP contribution in [0.15, 0.2) is 18.0 Å². The molecule has 0 saturated heterocycles. The van der Waals surface area contributed by atoms with E-state index < -0.39 is 18.5 Å². The number of hydrogen-bond donors (Lipinski definition) is 1. The van der Waals surface area contributed by atoms with Gasteiger partial charge in [-0.05, 0) is 0 Å². The van der Waals surface area contributed by atoms with E-state index in [1.165, 1.54) is 18.4 Å². The minimum Gasteiger partial charge on any atom is -0.466 e. The van der Waals surface area contributed by atoms with Gasteiger partial charge < -0.3 is 14.8 Å². The Morgan fingerprint density at radius 3 is 3.06 bits per heavy atom. The molecule has 0 aliphatic rings. The number of esters is 2. The molecule has 17 heavy (non-hydrogen) atoms. The van der Waals surface area contributed by atoms with E-state index in [2.05, 4.69) is 26.4 Å². The van der Waals surface area contributed by atoms with E-state index in [1.807, 2.05) is 0 Å². The molecule has 92 valence electrons. The molecule has 1 rings (SSSR count). The van der Waals surface area contributed by atoms with Crippen molar-refractivity contribution in [2.45, 2.75) is 0 Å². The highest BCUT2D eigenvalue weighted by atomic mass is 32.1. The Balaban J connectivity index is 2.48. The molecule has 0 atom stereocenters. The summed E-state index contributed by atoms with van der Waals surface area (Å²) in [6.07, 6.45) is 1.68. The fraction of sp³-hybridized carbons (Fsp3) is 0.300. The van der Waals surface area contributed by atoms with Gasteiger partial charge in [0.1, 0.15) is 0 Å². The molecule has 0 aliphatic heterocycles. The summed E-state index contributed by atoms with van der Waals surface area (Å²) in [6, 6.07) is 0. The lowest BCUT2D eigenvalue weighted by molar-refractivity contribution is -0.144. The topological polar surface area (TPSA) is 77.5 Å². The number of thiazole rings is 1. The summed E-state index contributed by atoms with van der Waals surface area (Å²) in [5.41, 5.74) is 0.158. The van der Waals surface area contributed by atoms with Crippen molar-refractivity contribution in [2.24, 2.45) is 0 Å². The lowest BCUT2D eigenvalue weighted by Gasteiger charge is -2.00. The summed E-state index contributed by atoms with van der Waals surface area (Å²) in [7, 11) is 1.22. The van der Waals surface area contributed by atoms with Crippen LogP contribution in [0.4, 0.5) is 5.13 Å². The van der Waals surface area contributed by atoms with Crippen LogP contribution in [0.5, 0.6) is 0 Å². The fourth-order valence-electron chi connectivity index (χ4n) is 0.866. The highest BCUT2D eigenvalue weighted by Gasteiger charge is 2.13. The molecule has 0 unspecified atom stereocenters. The molecule has 1 aromatic rings. The molecule has 1 heterocycles. The zero-order valence-electron chi connectivity index (χ0n) is 9.26. The normalized spacial score (nSPS) is 9.47. The number of aromatic nitrogens is 1. The third kappa shape index (κ3) is 4.23. The standard InChI is InChI=1S/C10H12N2O4S/c1-3-4-11-10-12-7(6-17-10)9(14)16-5-8(13)15-2/h3,6H,1,4-5H2,2H3,(H,11,12). The predicted molar refractivity (Wildman–Crippen MR) is 63.1 cm³/mol. The summed E-state index contributed by atoms with van der Waals surface area (Å²) in [5.74, 6) is -1.27. The van der Waals surface area contributed by atoms with Gasteiger partial charge in [0.15, 0.2) is 17.4 Å².